The summed E-state index contributed by atoms with van der Waals surface area (Å²) in [5.41, 5.74) is 0.234. The van der Waals surface area contributed by atoms with E-state index in [4.69, 9.17) is 16.3 Å². The summed E-state index contributed by atoms with van der Waals surface area (Å²) in [6.45, 7) is 0.498. The van der Waals surface area contributed by atoms with E-state index in [0.29, 0.717) is 17.3 Å². The van der Waals surface area contributed by atoms with Gasteiger partial charge in [-0.15, -0.1) is 11.8 Å². The highest BCUT2D eigenvalue weighted by atomic mass is 35.5. The van der Waals surface area contributed by atoms with Gasteiger partial charge in [0.05, 0.1) is 12.7 Å². The molecule has 4 nitrogen and oxygen atoms in total. The van der Waals surface area contributed by atoms with Crippen molar-refractivity contribution in [3.63, 3.8) is 0 Å². The molecule has 2 aromatic rings. The predicted molar refractivity (Wildman–Crippen MR) is 89.2 cm³/mol. The number of benzene rings is 2. The fraction of sp³-hybridized carbons (Fsp3) is 0.188. The standard InChI is InChI=1S/C16H16ClNO3S/c1-21-12-4-7-14(15(19)10-12)16(20)18-8-9-22-13-5-2-11(17)3-6-13/h2-7,10,19H,8-9H2,1H3,(H,18,20). The molecule has 0 radical (unpaired) electrons. The number of hydrogen-bond donors (Lipinski definition) is 2. The van der Waals surface area contributed by atoms with E-state index < -0.39 is 0 Å². The fourth-order valence-electron chi connectivity index (χ4n) is 1.79. The van der Waals surface area contributed by atoms with Gasteiger partial charge in [-0.2, -0.15) is 0 Å². The number of halogens is 1. The lowest BCUT2D eigenvalue weighted by molar-refractivity contribution is 0.0953. The van der Waals surface area contributed by atoms with Crippen molar-refractivity contribution in [2.45, 2.75) is 4.90 Å². The van der Waals surface area contributed by atoms with Crippen LogP contribution in [-0.2, 0) is 0 Å². The molecule has 0 atom stereocenters. The Kier molecular flexibility index (Phi) is 5.98. The van der Waals surface area contributed by atoms with Crippen LogP contribution in [0.25, 0.3) is 0 Å². The van der Waals surface area contributed by atoms with Crippen LogP contribution in [0.4, 0.5) is 0 Å². The quantitative estimate of drug-likeness (QED) is 0.625. The number of aromatic hydroxyl groups is 1. The number of rotatable bonds is 6. The Bertz CT molecular complexity index is 646. The Morgan fingerprint density at radius 1 is 1.27 bits per heavy atom. The molecule has 2 aromatic carbocycles. The second kappa shape index (κ2) is 7.96. The van der Waals surface area contributed by atoms with Crippen molar-refractivity contribution >= 4 is 29.3 Å². The lowest BCUT2D eigenvalue weighted by Crippen LogP contribution is -2.25. The zero-order chi connectivity index (χ0) is 15.9. The van der Waals surface area contributed by atoms with Gasteiger partial charge in [0.2, 0.25) is 0 Å². The van der Waals surface area contributed by atoms with Crippen LogP contribution in [0.15, 0.2) is 47.4 Å². The molecule has 2 rings (SSSR count). The topological polar surface area (TPSA) is 58.6 Å². The molecule has 0 saturated carbocycles. The molecule has 0 fully saturated rings. The maximum atomic E-state index is 12.0. The van der Waals surface area contributed by atoms with Gasteiger partial charge in [-0.25, -0.2) is 0 Å². The Balaban J connectivity index is 1.81. The van der Waals surface area contributed by atoms with Crippen LogP contribution in [0.5, 0.6) is 11.5 Å². The van der Waals surface area contributed by atoms with E-state index in [0.717, 1.165) is 10.6 Å². The molecule has 116 valence electrons. The minimum Gasteiger partial charge on any atom is -0.507 e. The first-order valence-electron chi connectivity index (χ1n) is 6.63. The average molecular weight is 338 g/mol. The van der Waals surface area contributed by atoms with Crippen molar-refractivity contribution in [2.75, 3.05) is 19.4 Å². The molecular weight excluding hydrogens is 322 g/mol. The second-order valence-corrected chi connectivity index (χ2v) is 6.05. The van der Waals surface area contributed by atoms with Crippen molar-refractivity contribution in [2.24, 2.45) is 0 Å². The molecule has 0 aliphatic heterocycles. The predicted octanol–water partition coefficient (Wildman–Crippen LogP) is 3.58. The molecule has 0 spiro atoms. The first-order chi connectivity index (χ1) is 10.6. The SMILES string of the molecule is COc1ccc(C(=O)NCCSc2ccc(Cl)cc2)c(O)c1. The number of thioether (sulfide) groups is 1. The number of ether oxygens (including phenoxy) is 1. The number of hydrogen-bond acceptors (Lipinski definition) is 4. The van der Waals surface area contributed by atoms with Gasteiger partial charge in [0.1, 0.15) is 11.5 Å². The third kappa shape index (κ3) is 4.58. The lowest BCUT2D eigenvalue weighted by Gasteiger charge is -2.08. The normalized spacial score (nSPS) is 10.3. The molecule has 0 unspecified atom stereocenters. The molecule has 0 heterocycles. The van der Waals surface area contributed by atoms with Gasteiger partial charge < -0.3 is 15.2 Å². The van der Waals surface area contributed by atoms with E-state index in [1.165, 1.54) is 19.2 Å². The van der Waals surface area contributed by atoms with Crippen molar-refractivity contribution in [1.82, 2.24) is 5.32 Å². The summed E-state index contributed by atoms with van der Waals surface area (Å²) in [4.78, 5) is 13.1. The highest BCUT2D eigenvalue weighted by Gasteiger charge is 2.11. The fourth-order valence-corrected chi connectivity index (χ4v) is 2.68. The Labute approximate surface area is 138 Å². The molecule has 2 N–H and O–H groups in total. The summed E-state index contributed by atoms with van der Waals surface area (Å²) in [6.07, 6.45) is 0. The van der Waals surface area contributed by atoms with Crippen LogP contribution in [-0.4, -0.2) is 30.4 Å². The van der Waals surface area contributed by atoms with Crippen LogP contribution < -0.4 is 10.1 Å². The third-order valence-corrected chi connectivity index (χ3v) is 4.19. The van der Waals surface area contributed by atoms with Gasteiger partial charge in [-0.1, -0.05) is 11.6 Å². The van der Waals surface area contributed by atoms with Crippen molar-refractivity contribution in [3.8, 4) is 11.5 Å². The van der Waals surface area contributed by atoms with E-state index >= 15 is 0 Å². The molecule has 6 heteroatoms. The van der Waals surface area contributed by atoms with Gasteiger partial charge in [0.15, 0.2) is 0 Å². The summed E-state index contributed by atoms with van der Waals surface area (Å²) >= 11 is 7.44. The van der Waals surface area contributed by atoms with Crippen LogP contribution in [0.2, 0.25) is 5.02 Å². The van der Waals surface area contributed by atoms with Crippen LogP contribution >= 0.6 is 23.4 Å². The number of methoxy groups -OCH3 is 1. The smallest absolute Gasteiger partial charge is 0.255 e. The molecule has 0 aliphatic carbocycles. The Morgan fingerprint density at radius 3 is 2.64 bits per heavy atom. The highest BCUT2D eigenvalue weighted by Crippen LogP contribution is 2.23. The maximum Gasteiger partial charge on any atom is 0.255 e. The maximum absolute atomic E-state index is 12.0. The summed E-state index contributed by atoms with van der Waals surface area (Å²) in [5.74, 6) is 0.830. The monoisotopic (exact) mass is 337 g/mol. The minimum atomic E-state index is -0.308. The number of carbonyl (C=O) groups is 1. The van der Waals surface area contributed by atoms with Gasteiger partial charge in [0, 0.05) is 28.3 Å². The number of nitrogens with one attached hydrogen (secondary N) is 1. The molecule has 0 bridgehead atoms. The number of carbonyl (C=O) groups excluding carboxylic acids is 1. The van der Waals surface area contributed by atoms with Gasteiger partial charge in [0.25, 0.3) is 5.91 Å². The first-order valence-corrected chi connectivity index (χ1v) is 8.00. The van der Waals surface area contributed by atoms with Crippen LogP contribution in [0.3, 0.4) is 0 Å². The molecule has 0 aromatic heterocycles. The van der Waals surface area contributed by atoms with E-state index in [2.05, 4.69) is 5.32 Å². The summed E-state index contributed by atoms with van der Waals surface area (Å²) in [5, 5.41) is 13.3. The van der Waals surface area contributed by atoms with Crippen molar-refractivity contribution in [1.29, 1.82) is 0 Å². The minimum absolute atomic E-state index is 0.0952. The second-order valence-electron chi connectivity index (χ2n) is 4.44. The van der Waals surface area contributed by atoms with Gasteiger partial charge in [-0.3, -0.25) is 4.79 Å². The number of amides is 1. The molecule has 0 saturated heterocycles. The van der Waals surface area contributed by atoms with Gasteiger partial charge in [-0.05, 0) is 36.4 Å². The molecular formula is C16H16ClNO3S. The summed E-state index contributed by atoms with van der Waals surface area (Å²) in [7, 11) is 1.50. The Hall–Kier alpha value is -1.85. The summed E-state index contributed by atoms with van der Waals surface area (Å²) < 4.78 is 4.98. The molecule has 1 amide bonds. The largest absolute Gasteiger partial charge is 0.507 e. The van der Waals surface area contributed by atoms with E-state index in [-0.39, 0.29) is 17.2 Å². The van der Waals surface area contributed by atoms with E-state index in [1.807, 2.05) is 24.3 Å². The lowest BCUT2D eigenvalue weighted by atomic mass is 10.2. The van der Waals surface area contributed by atoms with E-state index in [1.54, 1.807) is 17.8 Å². The average Bonchev–Trinajstić information content (AvgIpc) is 2.52. The number of phenolic OH excluding ortho intramolecular Hbond substituents is 1. The third-order valence-electron chi connectivity index (χ3n) is 2.92. The first kappa shape index (κ1) is 16.5. The zero-order valence-electron chi connectivity index (χ0n) is 12.0. The highest BCUT2D eigenvalue weighted by molar-refractivity contribution is 7.99. The van der Waals surface area contributed by atoms with Crippen LogP contribution in [0, 0.1) is 0 Å². The summed E-state index contributed by atoms with van der Waals surface area (Å²) in [6, 6.07) is 12.1. The van der Waals surface area contributed by atoms with Gasteiger partial charge >= 0.3 is 0 Å². The zero-order valence-corrected chi connectivity index (χ0v) is 13.6. The molecule has 0 aliphatic rings. The Morgan fingerprint density at radius 2 is 2.00 bits per heavy atom. The van der Waals surface area contributed by atoms with Crippen molar-refractivity contribution < 1.29 is 14.6 Å². The number of phenols is 1. The molecule has 22 heavy (non-hydrogen) atoms. The van der Waals surface area contributed by atoms with E-state index in [9.17, 15) is 9.90 Å². The van der Waals surface area contributed by atoms with Crippen molar-refractivity contribution in [3.05, 3.63) is 53.1 Å². The van der Waals surface area contributed by atoms with Crippen LogP contribution in [0.1, 0.15) is 10.4 Å².